The van der Waals surface area contributed by atoms with Crippen molar-refractivity contribution in [1.29, 1.82) is 0 Å². The van der Waals surface area contributed by atoms with Crippen molar-refractivity contribution in [2.24, 2.45) is 7.05 Å². The summed E-state index contributed by atoms with van der Waals surface area (Å²) in [6.07, 6.45) is 1.91. The Hall–Kier alpha value is -1.29. The molecule has 0 atom stereocenters. The van der Waals surface area contributed by atoms with E-state index < -0.39 is 0 Å². The summed E-state index contributed by atoms with van der Waals surface area (Å²) in [6.45, 7) is 2.47. The minimum atomic E-state index is 0.407. The van der Waals surface area contributed by atoms with Crippen molar-refractivity contribution in [1.82, 2.24) is 14.8 Å². The third-order valence-electron chi connectivity index (χ3n) is 2.01. The predicted octanol–water partition coefficient (Wildman–Crippen LogP) is 2.02. The predicted molar refractivity (Wildman–Crippen MR) is 54.7 cm³/mol. The van der Waals surface area contributed by atoms with Gasteiger partial charge in [-0.05, 0) is 13.0 Å². The van der Waals surface area contributed by atoms with Gasteiger partial charge in [0.1, 0.15) is 5.52 Å². The number of halogens is 1. The molecule has 0 fully saturated rings. The van der Waals surface area contributed by atoms with Crippen molar-refractivity contribution < 1.29 is 4.74 Å². The smallest absolute Gasteiger partial charge is 0.258 e. The summed E-state index contributed by atoms with van der Waals surface area (Å²) < 4.78 is 7.28. The summed E-state index contributed by atoms with van der Waals surface area (Å²) in [4.78, 5) is 0. The third-order valence-corrected chi connectivity index (χ3v) is 2.29. The van der Waals surface area contributed by atoms with E-state index in [1.54, 1.807) is 0 Å². The van der Waals surface area contributed by atoms with Crippen LogP contribution in [0, 0.1) is 0 Å². The van der Waals surface area contributed by atoms with Gasteiger partial charge in [-0.1, -0.05) is 11.6 Å². The first-order chi connectivity index (χ1) is 6.74. The summed E-state index contributed by atoms with van der Waals surface area (Å²) >= 11 is 5.90. The molecule has 5 heteroatoms. The quantitative estimate of drug-likeness (QED) is 0.763. The highest BCUT2D eigenvalue weighted by Gasteiger charge is 2.11. The fourth-order valence-electron chi connectivity index (χ4n) is 1.39. The van der Waals surface area contributed by atoms with E-state index >= 15 is 0 Å². The van der Waals surface area contributed by atoms with Crippen molar-refractivity contribution in [3.8, 4) is 5.88 Å². The second kappa shape index (κ2) is 3.46. The normalized spacial score (nSPS) is 10.8. The number of fused-ring (bicyclic) bond motifs is 1. The molecule has 0 aliphatic carbocycles. The second-order valence-corrected chi connectivity index (χ2v) is 3.28. The van der Waals surface area contributed by atoms with Gasteiger partial charge in [0.15, 0.2) is 5.15 Å². The molecule has 2 aromatic heterocycles. The fraction of sp³-hybridized carbons (Fsp3) is 0.333. The van der Waals surface area contributed by atoms with Crippen LogP contribution in [0.15, 0.2) is 12.3 Å². The maximum Gasteiger partial charge on any atom is 0.258 e. The van der Waals surface area contributed by atoms with Crippen molar-refractivity contribution in [2.75, 3.05) is 6.61 Å². The van der Waals surface area contributed by atoms with Crippen LogP contribution in [0.5, 0.6) is 5.88 Å². The van der Waals surface area contributed by atoms with E-state index in [4.69, 9.17) is 16.3 Å². The first kappa shape index (κ1) is 9.27. The highest BCUT2D eigenvalue weighted by molar-refractivity contribution is 6.34. The average molecular weight is 212 g/mol. The zero-order valence-electron chi connectivity index (χ0n) is 7.99. The van der Waals surface area contributed by atoms with E-state index in [1.165, 1.54) is 0 Å². The SMILES string of the molecule is CCOc1nnc(Cl)c2ccn(C)c12. The van der Waals surface area contributed by atoms with Crippen LogP contribution in [-0.2, 0) is 7.05 Å². The Balaban J connectivity index is 2.72. The Morgan fingerprint density at radius 1 is 1.50 bits per heavy atom. The highest BCUT2D eigenvalue weighted by Crippen LogP contribution is 2.27. The molecule has 74 valence electrons. The zero-order chi connectivity index (χ0) is 10.1. The van der Waals surface area contributed by atoms with Crippen LogP contribution in [0.2, 0.25) is 5.15 Å². The molecule has 0 saturated carbocycles. The molecule has 0 saturated heterocycles. The van der Waals surface area contributed by atoms with Crippen LogP contribution >= 0.6 is 11.6 Å². The van der Waals surface area contributed by atoms with Crippen LogP contribution in [-0.4, -0.2) is 21.4 Å². The van der Waals surface area contributed by atoms with Gasteiger partial charge < -0.3 is 9.30 Å². The molecule has 14 heavy (non-hydrogen) atoms. The lowest BCUT2D eigenvalue weighted by Gasteiger charge is -2.04. The Kier molecular flexibility index (Phi) is 2.29. The minimum Gasteiger partial charge on any atom is -0.475 e. The van der Waals surface area contributed by atoms with Gasteiger partial charge in [-0.2, -0.15) is 0 Å². The maximum absolute atomic E-state index is 5.90. The average Bonchev–Trinajstić information content (AvgIpc) is 2.55. The molecule has 2 heterocycles. The van der Waals surface area contributed by atoms with Gasteiger partial charge in [-0.15, -0.1) is 10.2 Å². The van der Waals surface area contributed by atoms with Crippen LogP contribution in [0.25, 0.3) is 10.9 Å². The molecule has 0 unspecified atom stereocenters. The van der Waals surface area contributed by atoms with Crippen LogP contribution < -0.4 is 4.74 Å². The van der Waals surface area contributed by atoms with Crippen molar-refractivity contribution in [3.05, 3.63) is 17.4 Å². The molecule has 0 spiro atoms. The molecule has 0 aromatic carbocycles. The van der Waals surface area contributed by atoms with Crippen molar-refractivity contribution >= 4 is 22.5 Å². The zero-order valence-corrected chi connectivity index (χ0v) is 8.75. The van der Waals surface area contributed by atoms with Crippen LogP contribution in [0.1, 0.15) is 6.92 Å². The Morgan fingerprint density at radius 3 is 3.00 bits per heavy atom. The lowest BCUT2D eigenvalue weighted by Crippen LogP contribution is -1.99. The number of nitrogens with zero attached hydrogens (tertiary/aromatic N) is 3. The largest absolute Gasteiger partial charge is 0.475 e. The van der Waals surface area contributed by atoms with Gasteiger partial charge in [0.25, 0.3) is 5.88 Å². The van der Waals surface area contributed by atoms with Crippen LogP contribution in [0.3, 0.4) is 0 Å². The Labute approximate surface area is 86.5 Å². The molecule has 0 N–H and O–H groups in total. The van der Waals surface area contributed by atoms with Gasteiger partial charge in [0.05, 0.1) is 6.61 Å². The lowest BCUT2D eigenvalue weighted by molar-refractivity contribution is 0.326. The van der Waals surface area contributed by atoms with Gasteiger partial charge in [0.2, 0.25) is 0 Å². The molecule has 0 aliphatic rings. The molecule has 0 radical (unpaired) electrons. The highest BCUT2D eigenvalue weighted by atomic mass is 35.5. The number of hydrogen-bond donors (Lipinski definition) is 0. The van der Waals surface area contributed by atoms with E-state index in [-0.39, 0.29) is 0 Å². The van der Waals surface area contributed by atoms with Gasteiger partial charge >= 0.3 is 0 Å². The summed E-state index contributed by atoms with van der Waals surface area (Å²) in [6, 6.07) is 1.90. The first-order valence-electron chi connectivity index (χ1n) is 4.34. The summed E-state index contributed by atoms with van der Waals surface area (Å²) in [5.74, 6) is 0.527. The van der Waals surface area contributed by atoms with Crippen molar-refractivity contribution in [2.45, 2.75) is 6.92 Å². The summed E-state index contributed by atoms with van der Waals surface area (Å²) in [5.41, 5.74) is 0.881. The number of hydrogen-bond acceptors (Lipinski definition) is 3. The first-order valence-corrected chi connectivity index (χ1v) is 4.72. The molecular formula is C9H10ClN3O. The molecule has 0 amide bonds. The summed E-state index contributed by atoms with van der Waals surface area (Å²) in [7, 11) is 1.92. The Bertz CT molecular complexity index is 466. The molecule has 0 bridgehead atoms. The van der Waals surface area contributed by atoms with E-state index in [2.05, 4.69) is 10.2 Å². The van der Waals surface area contributed by atoms with Crippen LogP contribution in [0.4, 0.5) is 0 Å². The lowest BCUT2D eigenvalue weighted by atomic mass is 10.3. The molecule has 2 rings (SSSR count). The van der Waals surface area contributed by atoms with E-state index in [9.17, 15) is 0 Å². The van der Waals surface area contributed by atoms with E-state index in [0.29, 0.717) is 17.6 Å². The van der Waals surface area contributed by atoms with Gasteiger partial charge in [-0.3, -0.25) is 0 Å². The molecule has 4 nitrogen and oxygen atoms in total. The van der Waals surface area contributed by atoms with Gasteiger partial charge in [-0.25, -0.2) is 0 Å². The number of aromatic nitrogens is 3. The number of rotatable bonds is 2. The molecule has 0 aliphatic heterocycles. The number of ether oxygens (including phenoxy) is 1. The molecular weight excluding hydrogens is 202 g/mol. The number of aryl methyl sites for hydroxylation is 1. The second-order valence-electron chi connectivity index (χ2n) is 2.92. The fourth-order valence-corrected chi connectivity index (χ4v) is 1.58. The maximum atomic E-state index is 5.90. The van der Waals surface area contributed by atoms with Gasteiger partial charge in [0, 0.05) is 18.6 Å². The monoisotopic (exact) mass is 211 g/mol. The van der Waals surface area contributed by atoms with Crippen molar-refractivity contribution in [3.63, 3.8) is 0 Å². The Morgan fingerprint density at radius 2 is 2.29 bits per heavy atom. The standard InChI is InChI=1S/C9H10ClN3O/c1-3-14-9-7-6(4-5-13(7)2)8(10)11-12-9/h4-5H,3H2,1-2H3. The topological polar surface area (TPSA) is 39.9 Å². The van der Waals surface area contributed by atoms with E-state index in [0.717, 1.165) is 10.9 Å². The third kappa shape index (κ3) is 1.32. The molecule has 2 aromatic rings. The summed E-state index contributed by atoms with van der Waals surface area (Å²) in [5, 5.41) is 9.00. The van der Waals surface area contributed by atoms with E-state index in [1.807, 2.05) is 30.8 Å². The minimum absolute atomic E-state index is 0.407.